The lowest BCUT2D eigenvalue weighted by molar-refractivity contribution is 0.671. The molecule has 15 aromatic carbocycles. The van der Waals surface area contributed by atoms with E-state index in [9.17, 15) is 0 Å². The third-order valence-corrected chi connectivity index (χ3v) is 17.9. The minimum absolute atomic E-state index is 0.838. The lowest BCUT2D eigenvalue weighted by atomic mass is 9.93. The molecule has 0 saturated carbocycles. The van der Waals surface area contributed by atoms with Crippen LogP contribution >= 0.6 is 0 Å². The molecule has 3 heterocycles. The van der Waals surface area contributed by atoms with Gasteiger partial charge in [-0.25, -0.2) is 4.98 Å². The van der Waals surface area contributed by atoms with Crippen molar-refractivity contribution in [1.82, 2.24) is 9.55 Å². The Balaban J connectivity index is 0.873. The third-order valence-electron chi connectivity index (χ3n) is 17.9. The summed E-state index contributed by atoms with van der Waals surface area (Å²) in [5, 5.41) is 20.0. The van der Waals surface area contributed by atoms with Crippen LogP contribution in [0, 0.1) is 0 Å². The number of nitrogens with zero attached hydrogens (tertiary/aromatic N) is 3. The fourth-order valence-electron chi connectivity index (χ4n) is 14.0. The van der Waals surface area contributed by atoms with E-state index in [0.717, 1.165) is 122 Å². The van der Waals surface area contributed by atoms with E-state index < -0.39 is 0 Å². The summed E-state index contributed by atoms with van der Waals surface area (Å²) in [6.07, 6.45) is 0. The third kappa shape index (κ3) is 7.32. The Bertz CT molecular complexity index is 5740. The van der Waals surface area contributed by atoms with Gasteiger partial charge in [-0.2, -0.15) is 0 Å². The van der Waals surface area contributed by atoms with E-state index in [0.29, 0.717) is 0 Å². The predicted molar refractivity (Wildman–Crippen MR) is 359 cm³/mol. The molecule has 0 spiro atoms. The number of hydrogen-bond acceptors (Lipinski definition) is 3. The van der Waals surface area contributed by atoms with Crippen LogP contribution < -0.4 is 4.90 Å². The first-order valence-corrected chi connectivity index (χ1v) is 29.2. The molecule has 18 aromatic rings. The molecular formula is C81H49N3O. The zero-order valence-electron chi connectivity index (χ0n) is 46.0. The van der Waals surface area contributed by atoms with Crippen molar-refractivity contribution in [3.05, 3.63) is 297 Å². The van der Waals surface area contributed by atoms with Crippen LogP contribution in [0.25, 0.3) is 158 Å². The highest BCUT2D eigenvalue weighted by molar-refractivity contribution is 6.30. The smallest absolute Gasteiger partial charge is 0.160 e. The van der Waals surface area contributed by atoms with Crippen molar-refractivity contribution < 1.29 is 4.42 Å². The van der Waals surface area contributed by atoms with Gasteiger partial charge in [0, 0.05) is 43.4 Å². The van der Waals surface area contributed by atoms with E-state index in [1.165, 1.54) is 53.9 Å². The van der Waals surface area contributed by atoms with Gasteiger partial charge < -0.3 is 9.32 Å². The molecule has 0 aliphatic heterocycles. The van der Waals surface area contributed by atoms with Crippen LogP contribution in [0.15, 0.2) is 302 Å². The molecule has 0 atom stereocenters. The molecule has 4 heteroatoms. The second kappa shape index (κ2) is 18.6. The van der Waals surface area contributed by atoms with Crippen molar-refractivity contribution >= 4 is 136 Å². The van der Waals surface area contributed by atoms with Crippen LogP contribution in [0.4, 0.5) is 17.1 Å². The highest BCUT2D eigenvalue weighted by Crippen LogP contribution is 2.49. The lowest BCUT2D eigenvalue weighted by Crippen LogP contribution is -2.12. The first-order valence-electron chi connectivity index (χ1n) is 29.2. The molecule has 0 radical (unpaired) electrons. The summed E-state index contributed by atoms with van der Waals surface area (Å²) in [5.74, 6) is 0.838. The first-order chi connectivity index (χ1) is 42.1. The van der Waals surface area contributed by atoms with Crippen LogP contribution in [0.1, 0.15) is 0 Å². The molecule has 0 aliphatic rings. The van der Waals surface area contributed by atoms with E-state index >= 15 is 0 Å². The van der Waals surface area contributed by atoms with Crippen LogP contribution in [0.5, 0.6) is 0 Å². The van der Waals surface area contributed by atoms with Gasteiger partial charge in [-0.05, 0) is 166 Å². The van der Waals surface area contributed by atoms with Crippen LogP contribution in [0.2, 0.25) is 0 Å². The quantitative estimate of drug-likeness (QED) is 0.149. The first kappa shape index (κ1) is 47.3. The molecule has 85 heavy (non-hydrogen) atoms. The fourth-order valence-corrected chi connectivity index (χ4v) is 14.0. The number of hydrogen-bond donors (Lipinski definition) is 0. The normalized spacial score (nSPS) is 12.0. The second-order valence-electron chi connectivity index (χ2n) is 22.5. The summed E-state index contributed by atoms with van der Waals surface area (Å²) in [5.41, 5.74) is 14.8. The average molecular weight is 1080 g/mol. The monoisotopic (exact) mass is 1080 g/mol. The number of para-hydroxylation sites is 1. The number of furan rings is 1. The predicted octanol–water partition coefficient (Wildman–Crippen LogP) is 22.6. The van der Waals surface area contributed by atoms with Gasteiger partial charge in [0.15, 0.2) is 5.58 Å². The molecule has 0 unspecified atom stereocenters. The summed E-state index contributed by atoms with van der Waals surface area (Å²) in [4.78, 5) is 7.89. The maximum absolute atomic E-state index is 7.25. The Morgan fingerprint density at radius 3 is 1.59 bits per heavy atom. The number of benzene rings is 15. The van der Waals surface area contributed by atoms with Gasteiger partial charge in [-0.1, -0.05) is 218 Å². The molecule has 4 nitrogen and oxygen atoms in total. The van der Waals surface area contributed by atoms with Gasteiger partial charge >= 0.3 is 0 Å². The van der Waals surface area contributed by atoms with E-state index in [4.69, 9.17) is 9.40 Å². The minimum Gasteiger partial charge on any atom is -0.454 e. The summed E-state index contributed by atoms with van der Waals surface area (Å²) < 4.78 is 9.58. The van der Waals surface area contributed by atoms with E-state index in [1.807, 2.05) is 0 Å². The van der Waals surface area contributed by atoms with Crippen molar-refractivity contribution in [3.63, 3.8) is 0 Å². The number of rotatable bonds is 7. The van der Waals surface area contributed by atoms with Crippen molar-refractivity contribution in [2.24, 2.45) is 0 Å². The topological polar surface area (TPSA) is 34.2 Å². The van der Waals surface area contributed by atoms with Crippen LogP contribution in [-0.4, -0.2) is 9.55 Å². The highest BCUT2D eigenvalue weighted by atomic mass is 16.3. The maximum atomic E-state index is 7.25. The van der Waals surface area contributed by atoms with Gasteiger partial charge in [0.2, 0.25) is 0 Å². The number of aromatic nitrogens is 2. The molecule has 3 aromatic heterocycles. The van der Waals surface area contributed by atoms with Crippen molar-refractivity contribution in [3.8, 4) is 39.2 Å². The SMILES string of the molecule is c1ccc(-c2cc(-c3ccccc3)cc(N(c3ccc(-c4ccc5c(c4)c4ccc6c7cc8c9ccccc9c9ccccc9c8cc7oc6c4n5-c4ccc5ccccc5n4)c4ccccc34)c3cccc4c3ccc3ccccc34)c2)cc1. The second-order valence-corrected chi connectivity index (χ2v) is 22.5. The Morgan fingerprint density at radius 1 is 0.294 bits per heavy atom. The molecule has 0 amide bonds. The molecule has 0 saturated heterocycles. The molecule has 0 aliphatic carbocycles. The summed E-state index contributed by atoms with van der Waals surface area (Å²) in [6.45, 7) is 0. The number of pyridine rings is 1. The molecule has 18 rings (SSSR count). The summed E-state index contributed by atoms with van der Waals surface area (Å²) in [7, 11) is 0. The van der Waals surface area contributed by atoms with Crippen molar-refractivity contribution in [2.45, 2.75) is 0 Å². The number of fused-ring (bicyclic) bond motifs is 18. The highest BCUT2D eigenvalue weighted by Gasteiger charge is 2.25. The van der Waals surface area contributed by atoms with Gasteiger partial charge in [-0.15, -0.1) is 0 Å². The molecule has 0 bridgehead atoms. The number of anilines is 3. The van der Waals surface area contributed by atoms with E-state index in [1.54, 1.807) is 0 Å². The fraction of sp³-hybridized carbons (Fsp3) is 0. The molecular weight excluding hydrogens is 1030 g/mol. The zero-order valence-corrected chi connectivity index (χ0v) is 46.0. The Morgan fingerprint density at radius 2 is 0.847 bits per heavy atom. The molecule has 0 fully saturated rings. The zero-order chi connectivity index (χ0) is 55.7. The van der Waals surface area contributed by atoms with E-state index in [2.05, 4.69) is 307 Å². The largest absolute Gasteiger partial charge is 0.454 e. The van der Waals surface area contributed by atoms with Gasteiger partial charge in [0.1, 0.15) is 11.4 Å². The van der Waals surface area contributed by atoms with Crippen LogP contribution in [0.3, 0.4) is 0 Å². The lowest BCUT2D eigenvalue weighted by Gasteiger charge is -2.30. The maximum Gasteiger partial charge on any atom is 0.160 e. The van der Waals surface area contributed by atoms with Gasteiger partial charge in [0.05, 0.1) is 27.9 Å². The van der Waals surface area contributed by atoms with Crippen molar-refractivity contribution in [1.29, 1.82) is 0 Å². The Labute approximate surface area is 488 Å². The average Bonchev–Trinajstić information content (AvgIpc) is 1.90. The van der Waals surface area contributed by atoms with Crippen LogP contribution in [-0.2, 0) is 0 Å². The molecule has 0 N–H and O–H groups in total. The minimum atomic E-state index is 0.838. The van der Waals surface area contributed by atoms with E-state index in [-0.39, 0.29) is 0 Å². The molecule has 394 valence electrons. The van der Waals surface area contributed by atoms with Gasteiger partial charge in [-0.3, -0.25) is 4.57 Å². The Kier molecular flexibility index (Phi) is 10.4. The van der Waals surface area contributed by atoms with Crippen molar-refractivity contribution in [2.75, 3.05) is 4.90 Å². The van der Waals surface area contributed by atoms with Gasteiger partial charge in [0.25, 0.3) is 0 Å². The summed E-state index contributed by atoms with van der Waals surface area (Å²) in [6, 6.07) is 109. The Hall–Kier alpha value is -11.3. The standard InChI is InChI=1S/C81H49N3O/c1-3-18-50(19-4-1)55-44-56(51-20-5-2-6-21-51)46-57(45-55)83(75-33-17-31-61-58-24-9-7-22-52(58)34-37-67(61)75)76-42-40-59(60-25-14-15-30-66(60)76)54-35-41-77-72(47-54)68-38-39-69-73-48-70-64-28-12-10-26-62(64)63-27-11-13-29-65(63)71(70)49-78(73)85-81(69)80(68)84(77)79-43-36-53-23-8-16-32-74(53)82-79/h1-49H. The summed E-state index contributed by atoms with van der Waals surface area (Å²) >= 11 is 0.